The Kier molecular flexibility index (Phi) is 7.65. The van der Waals surface area contributed by atoms with Crippen LogP contribution in [0.3, 0.4) is 0 Å². The molecule has 214 valence electrons. The van der Waals surface area contributed by atoms with Crippen LogP contribution in [0.15, 0.2) is 103 Å². The summed E-state index contributed by atoms with van der Waals surface area (Å²) >= 11 is 0. The van der Waals surface area contributed by atoms with Crippen molar-refractivity contribution in [3.8, 4) is 34.1 Å². The van der Waals surface area contributed by atoms with Gasteiger partial charge >= 0.3 is 21.1 Å². The topological polar surface area (TPSA) is 44.9 Å². The number of aryl methyl sites for hydroxylation is 2. The van der Waals surface area contributed by atoms with Gasteiger partial charge in [-0.25, -0.2) is 4.98 Å². The van der Waals surface area contributed by atoms with Crippen LogP contribution < -0.4 is 4.74 Å². The minimum absolute atomic E-state index is 0. The number of pyridine rings is 1. The van der Waals surface area contributed by atoms with E-state index < -0.39 is 0 Å². The molecule has 0 fully saturated rings. The van der Waals surface area contributed by atoms with E-state index in [1.54, 1.807) is 18.3 Å². The first-order chi connectivity index (χ1) is 21.0. The number of hydrogen-bond acceptors (Lipinski definition) is 3. The van der Waals surface area contributed by atoms with E-state index in [-0.39, 0.29) is 21.1 Å². The second-order valence-corrected chi connectivity index (χ2v) is 10.5. The summed E-state index contributed by atoms with van der Waals surface area (Å²) in [6, 6.07) is 37.5. The molecule has 4 aromatic carbocycles. The second-order valence-electron chi connectivity index (χ2n) is 10.5. The number of hydrogen-bond donors (Lipinski definition) is 0. The van der Waals surface area contributed by atoms with Crippen LogP contribution in [-0.4, -0.2) is 19.3 Å². The third-order valence-corrected chi connectivity index (χ3v) is 7.63. The Morgan fingerprint density at radius 1 is 0.860 bits per heavy atom. The molecule has 0 aliphatic heterocycles. The summed E-state index contributed by atoms with van der Waals surface area (Å²) in [6.45, 7) is 6.31. The predicted octanol–water partition coefficient (Wildman–Crippen LogP) is 8.99. The summed E-state index contributed by atoms with van der Waals surface area (Å²) in [6.07, 6.45) is 3.77. The molecule has 43 heavy (non-hydrogen) atoms. The molecule has 6 heteroatoms. The van der Waals surface area contributed by atoms with E-state index in [0.29, 0.717) is 23.4 Å². The largest absolute Gasteiger partial charge is 2.00 e. The molecule has 7 aromatic rings. The van der Waals surface area contributed by atoms with Crippen molar-refractivity contribution in [2.75, 3.05) is 0 Å². The van der Waals surface area contributed by atoms with Gasteiger partial charge in [0, 0.05) is 34.5 Å². The van der Waals surface area contributed by atoms with E-state index in [9.17, 15) is 0 Å². The van der Waals surface area contributed by atoms with Crippen LogP contribution >= 0.6 is 0 Å². The maximum Gasteiger partial charge on any atom is 2.00 e. The molecule has 0 aliphatic rings. The molecule has 0 amide bonds. The molecule has 0 unspecified atom stereocenters. The van der Waals surface area contributed by atoms with Gasteiger partial charge in [-0.05, 0) is 60.7 Å². The summed E-state index contributed by atoms with van der Waals surface area (Å²) in [4.78, 5) is 4.61. The van der Waals surface area contributed by atoms with Crippen molar-refractivity contribution in [1.29, 1.82) is 0 Å². The number of nitrogens with zero attached hydrogens (tertiary/aromatic N) is 4. The molecule has 5 nitrogen and oxygen atoms in total. The van der Waals surface area contributed by atoms with Gasteiger partial charge in [0.05, 0.1) is 7.06 Å². The molecule has 0 spiro atoms. The quantitative estimate of drug-likeness (QED) is 0.153. The van der Waals surface area contributed by atoms with E-state index in [2.05, 4.69) is 71.9 Å². The zero-order chi connectivity index (χ0) is 29.5. The molecular formula is C37H30N4OPt. The molecule has 7 rings (SSSR count). The molecule has 0 atom stereocenters. The third kappa shape index (κ3) is 5.30. The average molecular weight is 743 g/mol. The molecule has 0 radical (unpaired) electrons. The Hall–Kier alpha value is -4.47. The van der Waals surface area contributed by atoms with Gasteiger partial charge in [-0.1, -0.05) is 67.4 Å². The number of fused-ring (bicyclic) bond motifs is 3. The SMILES string of the molecule is [2H]c1ccnc(-n2c3[c-]c(Oc4[c-]c(-n5nc(C)c(-c6ccccc6)c5C)ccc4)ccc3c3cc(CCC)ccc32)c1.[Pt+2]. The summed E-state index contributed by atoms with van der Waals surface area (Å²) in [7, 11) is 0. The van der Waals surface area contributed by atoms with Crippen molar-refractivity contribution in [3.63, 3.8) is 0 Å². The van der Waals surface area contributed by atoms with E-state index in [4.69, 9.17) is 11.2 Å². The molecule has 0 aliphatic carbocycles. The van der Waals surface area contributed by atoms with Crippen LogP contribution in [0.4, 0.5) is 0 Å². The first kappa shape index (κ1) is 27.4. The molecule has 3 aromatic heterocycles. The first-order valence-electron chi connectivity index (χ1n) is 14.7. The fourth-order valence-electron chi connectivity index (χ4n) is 5.79. The van der Waals surface area contributed by atoms with Crippen LogP contribution in [0, 0.1) is 26.0 Å². The van der Waals surface area contributed by atoms with Crippen LogP contribution in [-0.2, 0) is 27.5 Å². The van der Waals surface area contributed by atoms with Crippen molar-refractivity contribution in [1.82, 2.24) is 19.3 Å². The van der Waals surface area contributed by atoms with Gasteiger partial charge < -0.3 is 9.30 Å². The van der Waals surface area contributed by atoms with Gasteiger partial charge in [0.25, 0.3) is 0 Å². The Bertz CT molecular complexity index is 2120. The third-order valence-electron chi connectivity index (χ3n) is 7.63. The maximum atomic E-state index is 8.20. The zero-order valence-corrected chi connectivity index (χ0v) is 26.4. The Morgan fingerprint density at radius 2 is 1.70 bits per heavy atom. The first-order valence-corrected chi connectivity index (χ1v) is 14.2. The molecule has 0 saturated carbocycles. The van der Waals surface area contributed by atoms with Crippen LogP contribution in [0.25, 0.3) is 44.4 Å². The van der Waals surface area contributed by atoms with E-state index >= 15 is 0 Å². The van der Waals surface area contributed by atoms with Crippen LogP contribution in [0.1, 0.15) is 31.7 Å². The predicted molar refractivity (Wildman–Crippen MR) is 169 cm³/mol. The number of aromatic nitrogens is 4. The number of ether oxygens (including phenoxy) is 1. The van der Waals surface area contributed by atoms with Gasteiger partial charge in [0.15, 0.2) is 0 Å². The van der Waals surface area contributed by atoms with Crippen molar-refractivity contribution in [3.05, 3.63) is 132 Å². The average Bonchev–Trinajstić information content (AvgIpc) is 3.50. The zero-order valence-electron chi connectivity index (χ0n) is 25.2. The van der Waals surface area contributed by atoms with Crippen molar-refractivity contribution < 1.29 is 27.2 Å². The van der Waals surface area contributed by atoms with Gasteiger partial charge in [-0.15, -0.1) is 35.7 Å². The van der Waals surface area contributed by atoms with Crippen LogP contribution in [0.2, 0.25) is 0 Å². The maximum absolute atomic E-state index is 8.20. The molecule has 0 saturated heterocycles. The van der Waals surface area contributed by atoms with Gasteiger partial charge in [0.2, 0.25) is 0 Å². The molecule has 3 heterocycles. The Labute approximate surface area is 267 Å². The minimum atomic E-state index is 0. The van der Waals surface area contributed by atoms with E-state index in [0.717, 1.165) is 62.8 Å². The second kappa shape index (κ2) is 12.0. The molecule has 0 bridgehead atoms. The number of benzene rings is 4. The van der Waals surface area contributed by atoms with Crippen molar-refractivity contribution in [2.45, 2.75) is 33.6 Å². The molecule has 0 N–H and O–H groups in total. The number of rotatable bonds is 7. The van der Waals surface area contributed by atoms with Crippen molar-refractivity contribution in [2.24, 2.45) is 0 Å². The van der Waals surface area contributed by atoms with Gasteiger partial charge in [-0.3, -0.25) is 4.68 Å². The van der Waals surface area contributed by atoms with Crippen LogP contribution in [0.5, 0.6) is 11.5 Å². The fourth-order valence-corrected chi connectivity index (χ4v) is 5.79. The summed E-state index contributed by atoms with van der Waals surface area (Å²) in [5.41, 5.74) is 8.23. The monoisotopic (exact) mass is 742 g/mol. The van der Waals surface area contributed by atoms with E-state index in [1.807, 2.05) is 54.1 Å². The van der Waals surface area contributed by atoms with E-state index in [1.165, 1.54) is 5.56 Å². The summed E-state index contributed by atoms with van der Waals surface area (Å²) in [5, 5.41) is 7.03. The Morgan fingerprint density at radius 3 is 2.51 bits per heavy atom. The normalized spacial score (nSPS) is 11.5. The standard InChI is InChI=1S/C37H30N4O.Pt/c1-4-11-27-17-20-34-33(22-27)32-19-18-31(24-35(32)40(34)36-16-8-9-21-38-36)42-30-15-10-14-29(23-30)41-26(3)37(25(2)39-41)28-12-6-5-7-13-28;/h5-10,12-22H,4,11H2,1-3H3;/q-2;+2/i8D;. The smallest absolute Gasteiger partial charge is 0.509 e. The summed E-state index contributed by atoms with van der Waals surface area (Å²) in [5.74, 6) is 1.82. The van der Waals surface area contributed by atoms with Crippen molar-refractivity contribution >= 4 is 21.8 Å². The van der Waals surface area contributed by atoms with Gasteiger partial charge in [-0.2, -0.15) is 17.2 Å². The molecular weight excluding hydrogens is 712 g/mol. The minimum Gasteiger partial charge on any atom is -0.509 e. The Balaban J connectivity index is 0.00000343. The fraction of sp³-hybridized carbons (Fsp3) is 0.135. The summed E-state index contributed by atoms with van der Waals surface area (Å²) < 4.78 is 18.5. The van der Waals surface area contributed by atoms with Gasteiger partial charge in [0.1, 0.15) is 5.82 Å².